The Morgan fingerprint density at radius 1 is 1.50 bits per heavy atom. The summed E-state index contributed by atoms with van der Waals surface area (Å²) in [5, 5.41) is 2.89. The molecule has 1 aliphatic carbocycles. The number of amides is 1. The van der Waals surface area contributed by atoms with Crippen LogP contribution in [0.1, 0.15) is 47.4 Å². The molecule has 0 heterocycles. The molecule has 0 unspecified atom stereocenters. The third kappa shape index (κ3) is 3.56. The zero-order chi connectivity index (χ0) is 10.4. The quantitative estimate of drug-likeness (QED) is 0.762. The van der Waals surface area contributed by atoms with E-state index < -0.39 is 0 Å². The molecular weight excluding hydrogens is 178 g/mol. The maximum absolute atomic E-state index is 11.2. The normalized spacial score (nSPS) is 20.1. The fourth-order valence-corrected chi connectivity index (χ4v) is 2.11. The van der Waals surface area contributed by atoms with E-state index in [-0.39, 0.29) is 13.6 Å². The highest BCUT2D eigenvalue weighted by Gasteiger charge is 2.21. The van der Waals surface area contributed by atoms with Gasteiger partial charge in [-0.15, -0.1) is 0 Å². The van der Waals surface area contributed by atoms with E-state index in [1.54, 1.807) is 0 Å². The molecule has 0 aromatic rings. The number of hydrogen-bond donors (Lipinski definition) is 1. The Morgan fingerprint density at radius 3 is 2.71 bits per heavy atom. The average molecular weight is 201 g/mol. The van der Waals surface area contributed by atoms with Gasteiger partial charge >= 0.3 is 6.09 Å². The van der Waals surface area contributed by atoms with Crippen molar-refractivity contribution in [3.05, 3.63) is 0 Å². The Labute approximate surface area is 87.7 Å². The standard InChI is InChI=1S/C11H21NO2.H2/c1-3-14-11(13)12-9(2)10-7-5-4-6-8-10;/h9-10H,3-8H2,1-2H3,(H,12,13);1H/t9-;/m0./s1. The highest BCUT2D eigenvalue weighted by molar-refractivity contribution is 5.67. The summed E-state index contributed by atoms with van der Waals surface area (Å²) in [4.78, 5) is 11.2. The number of carbonyl (C=O) groups excluding carboxylic acids is 1. The molecule has 84 valence electrons. The zero-order valence-electron chi connectivity index (χ0n) is 9.21. The average Bonchev–Trinajstić information content (AvgIpc) is 2.19. The summed E-state index contributed by atoms with van der Waals surface area (Å²) in [6.45, 7) is 4.35. The second-order valence-corrected chi connectivity index (χ2v) is 4.05. The number of carbonyl (C=O) groups is 1. The highest BCUT2D eigenvalue weighted by Crippen LogP contribution is 2.26. The highest BCUT2D eigenvalue weighted by atomic mass is 16.5. The van der Waals surface area contributed by atoms with E-state index in [4.69, 9.17) is 4.74 Å². The second kappa shape index (κ2) is 5.89. The fourth-order valence-electron chi connectivity index (χ4n) is 2.11. The van der Waals surface area contributed by atoms with Gasteiger partial charge in [-0.1, -0.05) is 19.3 Å². The minimum absolute atomic E-state index is 0. The summed E-state index contributed by atoms with van der Waals surface area (Å²) >= 11 is 0. The van der Waals surface area contributed by atoms with Crippen LogP contribution in [0.15, 0.2) is 0 Å². The third-order valence-corrected chi connectivity index (χ3v) is 2.98. The van der Waals surface area contributed by atoms with Crippen LogP contribution in [0.4, 0.5) is 4.79 Å². The van der Waals surface area contributed by atoms with Gasteiger partial charge in [0.25, 0.3) is 0 Å². The van der Waals surface area contributed by atoms with Gasteiger partial charge in [-0.2, -0.15) is 0 Å². The molecule has 1 atom stereocenters. The third-order valence-electron chi connectivity index (χ3n) is 2.98. The molecule has 1 saturated carbocycles. The van der Waals surface area contributed by atoms with Gasteiger partial charge in [-0.3, -0.25) is 0 Å². The first-order chi connectivity index (χ1) is 6.74. The van der Waals surface area contributed by atoms with Gasteiger partial charge in [-0.25, -0.2) is 4.79 Å². The minimum Gasteiger partial charge on any atom is -0.450 e. The molecule has 0 spiro atoms. The largest absolute Gasteiger partial charge is 0.450 e. The minimum atomic E-state index is -0.273. The Balaban J connectivity index is 0.00000196. The lowest BCUT2D eigenvalue weighted by molar-refractivity contribution is 0.142. The lowest BCUT2D eigenvalue weighted by atomic mass is 9.85. The number of rotatable bonds is 3. The predicted molar refractivity (Wildman–Crippen MR) is 58.3 cm³/mol. The number of alkyl carbamates (subject to hydrolysis) is 1. The molecule has 3 nitrogen and oxygen atoms in total. The summed E-state index contributed by atoms with van der Waals surface area (Å²) < 4.78 is 4.85. The summed E-state index contributed by atoms with van der Waals surface area (Å²) in [5.41, 5.74) is 0. The molecule has 14 heavy (non-hydrogen) atoms. The molecule has 0 aliphatic heterocycles. The Kier molecular flexibility index (Phi) is 4.77. The monoisotopic (exact) mass is 201 g/mol. The lowest BCUT2D eigenvalue weighted by Gasteiger charge is -2.27. The van der Waals surface area contributed by atoms with Crippen LogP contribution in [0, 0.1) is 5.92 Å². The predicted octanol–water partition coefficient (Wildman–Crippen LogP) is 2.95. The van der Waals surface area contributed by atoms with E-state index in [0.717, 1.165) is 0 Å². The van der Waals surface area contributed by atoms with E-state index >= 15 is 0 Å². The van der Waals surface area contributed by atoms with Crippen LogP contribution in [0.3, 0.4) is 0 Å². The molecule has 0 aromatic heterocycles. The van der Waals surface area contributed by atoms with Crippen LogP contribution in [0.25, 0.3) is 0 Å². The Morgan fingerprint density at radius 2 is 2.14 bits per heavy atom. The van der Waals surface area contributed by atoms with Crippen molar-refractivity contribution in [2.24, 2.45) is 5.92 Å². The van der Waals surface area contributed by atoms with Gasteiger partial charge in [0, 0.05) is 7.47 Å². The van der Waals surface area contributed by atoms with E-state index in [1.807, 2.05) is 6.92 Å². The van der Waals surface area contributed by atoms with Crippen LogP contribution >= 0.6 is 0 Å². The van der Waals surface area contributed by atoms with Gasteiger partial charge in [-0.05, 0) is 32.6 Å². The summed E-state index contributed by atoms with van der Waals surface area (Å²) in [7, 11) is 0. The van der Waals surface area contributed by atoms with Gasteiger partial charge < -0.3 is 10.1 Å². The van der Waals surface area contributed by atoms with Gasteiger partial charge in [0.2, 0.25) is 0 Å². The van der Waals surface area contributed by atoms with Crippen LogP contribution in [0.5, 0.6) is 0 Å². The molecule has 0 radical (unpaired) electrons. The smallest absolute Gasteiger partial charge is 0.407 e. The van der Waals surface area contributed by atoms with Crippen molar-refractivity contribution >= 4 is 6.09 Å². The molecule has 1 N–H and O–H groups in total. The fraction of sp³-hybridized carbons (Fsp3) is 0.909. The van der Waals surface area contributed by atoms with Crippen LogP contribution in [-0.4, -0.2) is 18.7 Å². The van der Waals surface area contributed by atoms with Crippen molar-refractivity contribution in [1.82, 2.24) is 5.32 Å². The van der Waals surface area contributed by atoms with Crippen molar-refractivity contribution in [3.63, 3.8) is 0 Å². The zero-order valence-corrected chi connectivity index (χ0v) is 9.21. The Hall–Kier alpha value is -0.730. The van der Waals surface area contributed by atoms with E-state index in [2.05, 4.69) is 12.2 Å². The van der Waals surface area contributed by atoms with Crippen molar-refractivity contribution < 1.29 is 11.0 Å². The number of hydrogen-bond acceptors (Lipinski definition) is 2. The second-order valence-electron chi connectivity index (χ2n) is 4.05. The van der Waals surface area contributed by atoms with Gasteiger partial charge in [0.05, 0.1) is 6.61 Å². The molecule has 3 heteroatoms. The molecular formula is C11H23NO2. The molecule has 1 amide bonds. The number of ether oxygens (including phenoxy) is 1. The first kappa shape index (κ1) is 11.3. The molecule has 1 aliphatic rings. The van der Waals surface area contributed by atoms with E-state index in [1.165, 1.54) is 32.1 Å². The molecule has 0 saturated heterocycles. The van der Waals surface area contributed by atoms with E-state index in [0.29, 0.717) is 12.5 Å². The van der Waals surface area contributed by atoms with Crippen molar-refractivity contribution in [3.8, 4) is 0 Å². The Bertz CT molecular complexity index is 181. The van der Waals surface area contributed by atoms with Crippen molar-refractivity contribution in [2.45, 2.75) is 52.0 Å². The molecule has 0 bridgehead atoms. The van der Waals surface area contributed by atoms with Gasteiger partial charge in [0.1, 0.15) is 0 Å². The summed E-state index contributed by atoms with van der Waals surface area (Å²) in [6.07, 6.45) is 6.17. The van der Waals surface area contributed by atoms with Crippen LogP contribution in [-0.2, 0) is 4.74 Å². The van der Waals surface area contributed by atoms with Crippen LogP contribution < -0.4 is 5.32 Å². The molecule has 1 rings (SSSR count). The number of nitrogens with one attached hydrogen (secondary N) is 1. The van der Waals surface area contributed by atoms with Gasteiger partial charge in [0.15, 0.2) is 0 Å². The van der Waals surface area contributed by atoms with Crippen LogP contribution in [0.2, 0.25) is 0 Å². The maximum atomic E-state index is 11.2. The maximum Gasteiger partial charge on any atom is 0.407 e. The van der Waals surface area contributed by atoms with Crippen molar-refractivity contribution in [2.75, 3.05) is 6.61 Å². The summed E-state index contributed by atoms with van der Waals surface area (Å²) in [6, 6.07) is 0.259. The molecule has 0 aromatic carbocycles. The first-order valence-corrected chi connectivity index (χ1v) is 5.67. The SMILES string of the molecule is CCOC(=O)N[C@@H](C)C1CCCCC1.[HH]. The lowest BCUT2D eigenvalue weighted by Crippen LogP contribution is -2.39. The first-order valence-electron chi connectivity index (χ1n) is 5.67. The van der Waals surface area contributed by atoms with Crippen molar-refractivity contribution in [1.29, 1.82) is 0 Å². The molecule has 1 fully saturated rings. The van der Waals surface area contributed by atoms with E-state index in [9.17, 15) is 4.79 Å². The topological polar surface area (TPSA) is 38.3 Å². The summed E-state index contributed by atoms with van der Waals surface area (Å²) in [5.74, 6) is 0.646.